The molecule has 1 aliphatic rings. The molecule has 0 spiro atoms. The lowest BCUT2D eigenvalue weighted by molar-refractivity contribution is 0.0216. The number of anilines is 1. The third kappa shape index (κ3) is 4.21. The molecule has 0 unspecified atom stereocenters. The number of halogens is 1. The van der Waals surface area contributed by atoms with Crippen molar-refractivity contribution in [3.05, 3.63) is 34.7 Å². The molecular weight excluding hydrogens is 410 g/mol. The highest BCUT2D eigenvalue weighted by Gasteiger charge is 2.32. The molecule has 0 aliphatic carbocycles. The minimum Gasteiger partial charge on any atom is -0.444 e. The van der Waals surface area contributed by atoms with Crippen LogP contribution in [0.25, 0.3) is 21.5 Å². The molecule has 3 heterocycles. The van der Waals surface area contributed by atoms with Crippen molar-refractivity contribution in [2.24, 2.45) is 0 Å². The number of ether oxygens (including phenoxy) is 1. The van der Waals surface area contributed by atoms with Crippen LogP contribution in [0, 0.1) is 0 Å². The molecule has 1 atom stereocenters. The van der Waals surface area contributed by atoms with Crippen LogP contribution >= 0.6 is 22.9 Å². The number of hydrogen-bond donors (Lipinski definition) is 0. The van der Waals surface area contributed by atoms with Crippen molar-refractivity contribution in [1.82, 2.24) is 9.88 Å². The van der Waals surface area contributed by atoms with Crippen LogP contribution in [0.15, 0.2) is 34.1 Å². The Balaban J connectivity index is 1.58. The minimum atomic E-state index is -0.505. The van der Waals surface area contributed by atoms with Crippen molar-refractivity contribution in [3.63, 3.8) is 0 Å². The number of rotatable bonds is 2. The van der Waals surface area contributed by atoms with E-state index >= 15 is 0 Å². The minimum absolute atomic E-state index is 0.0463. The second-order valence-electron chi connectivity index (χ2n) is 8.24. The maximum absolute atomic E-state index is 12.4. The topological polar surface area (TPSA) is 58.8 Å². The first-order valence-electron chi connectivity index (χ1n) is 9.60. The highest BCUT2D eigenvalue weighted by molar-refractivity contribution is 7.13. The predicted octanol–water partition coefficient (Wildman–Crippen LogP) is 5.66. The van der Waals surface area contributed by atoms with Gasteiger partial charge in [0, 0.05) is 41.1 Å². The van der Waals surface area contributed by atoms with Crippen LogP contribution in [0.5, 0.6) is 0 Å². The zero-order valence-electron chi connectivity index (χ0n) is 16.9. The number of fused-ring (bicyclic) bond motifs is 1. The molecule has 1 amide bonds. The molecule has 0 N–H and O–H groups in total. The second-order valence-corrected chi connectivity index (χ2v) is 9.63. The molecule has 8 heteroatoms. The smallest absolute Gasteiger partial charge is 0.410 e. The van der Waals surface area contributed by atoms with Gasteiger partial charge < -0.3 is 19.0 Å². The molecule has 0 radical (unpaired) electrons. The van der Waals surface area contributed by atoms with E-state index in [0.29, 0.717) is 30.7 Å². The van der Waals surface area contributed by atoms with Gasteiger partial charge in [-0.05, 0) is 51.3 Å². The van der Waals surface area contributed by atoms with Gasteiger partial charge in [-0.1, -0.05) is 17.7 Å². The van der Waals surface area contributed by atoms with Gasteiger partial charge in [-0.25, -0.2) is 4.79 Å². The van der Waals surface area contributed by atoms with Crippen LogP contribution in [0.3, 0.4) is 0 Å². The van der Waals surface area contributed by atoms with E-state index in [0.717, 1.165) is 21.5 Å². The molecule has 1 fully saturated rings. The number of benzene rings is 1. The monoisotopic (exact) mass is 433 g/mol. The fourth-order valence-corrected chi connectivity index (χ4v) is 4.41. The van der Waals surface area contributed by atoms with Crippen molar-refractivity contribution < 1.29 is 13.9 Å². The lowest BCUT2D eigenvalue weighted by Gasteiger charge is -2.39. The Bertz CT molecular complexity index is 1030. The van der Waals surface area contributed by atoms with Crippen molar-refractivity contribution in [2.75, 3.05) is 24.5 Å². The van der Waals surface area contributed by atoms with Crippen LogP contribution in [0.1, 0.15) is 27.7 Å². The number of aromatic nitrogens is 1. The molecule has 3 aromatic rings. The predicted molar refractivity (Wildman–Crippen MR) is 117 cm³/mol. The van der Waals surface area contributed by atoms with Crippen LogP contribution in [-0.2, 0) is 4.74 Å². The molecule has 0 saturated carbocycles. The summed E-state index contributed by atoms with van der Waals surface area (Å²) in [6.07, 6.45) is -0.284. The fraction of sp³-hybridized carbons (Fsp3) is 0.429. The summed E-state index contributed by atoms with van der Waals surface area (Å²) < 4.78 is 11.7. The Hall–Kier alpha value is -2.25. The zero-order chi connectivity index (χ0) is 20.8. The van der Waals surface area contributed by atoms with E-state index in [4.69, 9.17) is 25.7 Å². The highest BCUT2D eigenvalue weighted by atomic mass is 35.5. The number of oxazole rings is 1. The normalized spacial score (nSPS) is 17.8. The third-order valence-electron chi connectivity index (χ3n) is 4.76. The third-order valence-corrected chi connectivity index (χ3v) is 5.88. The molecule has 0 bridgehead atoms. The lowest BCUT2D eigenvalue weighted by Crippen LogP contribution is -2.54. The summed E-state index contributed by atoms with van der Waals surface area (Å²) >= 11 is 7.96. The first-order chi connectivity index (χ1) is 13.7. The quantitative estimate of drug-likeness (QED) is 0.522. The van der Waals surface area contributed by atoms with Gasteiger partial charge in [0.05, 0.1) is 0 Å². The Morgan fingerprint density at radius 2 is 2.14 bits per heavy atom. The first kappa shape index (κ1) is 20.0. The number of carbonyl (C=O) groups is 1. The average Bonchev–Trinajstić information content (AvgIpc) is 3.29. The van der Waals surface area contributed by atoms with E-state index in [2.05, 4.69) is 11.8 Å². The van der Waals surface area contributed by atoms with Crippen molar-refractivity contribution in [3.8, 4) is 10.4 Å². The lowest BCUT2D eigenvalue weighted by atomic mass is 10.1. The Kier molecular flexibility index (Phi) is 5.21. The Morgan fingerprint density at radius 1 is 1.34 bits per heavy atom. The number of carbonyl (C=O) groups excluding carboxylic acids is 1. The number of amides is 1. The molecule has 6 nitrogen and oxygen atoms in total. The average molecular weight is 434 g/mol. The summed E-state index contributed by atoms with van der Waals surface area (Å²) in [4.78, 5) is 22.0. The summed E-state index contributed by atoms with van der Waals surface area (Å²) in [6, 6.07) is 8.38. The van der Waals surface area contributed by atoms with E-state index < -0.39 is 5.60 Å². The molecule has 2 aromatic heterocycles. The molecule has 1 saturated heterocycles. The zero-order valence-corrected chi connectivity index (χ0v) is 18.5. The summed E-state index contributed by atoms with van der Waals surface area (Å²) in [5, 5.41) is 2.65. The number of hydrogen-bond acceptors (Lipinski definition) is 6. The summed E-state index contributed by atoms with van der Waals surface area (Å²) in [5.41, 5.74) is 1.91. The molecule has 29 heavy (non-hydrogen) atoms. The van der Waals surface area contributed by atoms with Gasteiger partial charge in [-0.2, -0.15) is 4.98 Å². The van der Waals surface area contributed by atoms with Crippen molar-refractivity contribution >= 4 is 46.1 Å². The number of nitrogens with zero attached hydrogens (tertiary/aromatic N) is 3. The number of piperazine rings is 1. The first-order valence-corrected chi connectivity index (χ1v) is 10.9. The Morgan fingerprint density at radius 3 is 2.79 bits per heavy atom. The van der Waals surface area contributed by atoms with E-state index in [1.807, 2.05) is 50.4 Å². The van der Waals surface area contributed by atoms with Crippen LogP contribution in [0.2, 0.25) is 5.02 Å². The van der Waals surface area contributed by atoms with Gasteiger partial charge in [-0.3, -0.25) is 0 Å². The van der Waals surface area contributed by atoms with Gasteiger partial charge in [0.25, 0.3) is 6.01 Å². The van der Waals surface area contributed by atoms with Crippen LogP contribution < -0.4 is 4.90 Å². The summed E-state index contributed by atoms with van der Waals surface area (Å²) in [5.74, 6) is 0. The van der Waals surface area contributed by atoms with E-state index in [-0.39, 0.29) is 12.1 Å². The van der Waals surface area contributed by atoms with Gasteiger partial charge in [-0.15, -0.1) is 11.3 Å². The second kappa shape index (κ2) is 7.54. The molecule has 1 aromatic carbocycles. The largest absolute Gasteiger partial charge is 0.444 e. The van der Waals surface area contributed by atoms with Gasteiger partial charge in [0.15, 0.2) is 5.58 Å². The number of thiophene rings is 1. The fourth-order valence-electron chi connectivity index (χ4n) is 3.46. The molecular formula is C21H24ClN3O3S. The van der Waals surface area contributed by atoms with Gasteiger partial charge in [0.2, 0.25) is 0 Å². The van der Waals surface area contributed by atoms with Crippen molar-refractivity contribution in [2.45, 2.75) is 39.3 Å². The van der Waals surface area contributed by atoms with Crippen LogP contribution in [0.4, 0.5) is 10.8 Å². The molecule has 1 aliphatic heterocycles. The standard InChI is InChI=1S/C21H24ClN3O3S/c1-13-12-24(20(26)28-21(2,3)4)7-8-25(13)19-23-16-11-14(22)10-15(18(16)27-19)17-6-5-9-29-17/h5-6,9-11,13H,7-8,12H2,1-4H3/t13-/m0/s1. The summed E-state index contributed by atoms with van der Waals surface area (Å²) in [7, 11) is 0. The molecule has 154 valence electrons. The van der Waals surface area contributed by atoms with E-state index in [1.54, 1.807) is 16.2 Å². The maximum atomic E-state index is 12.4. The van der Waals surface area contributed by atoms with Crippen molar-refractivity contribution in [1.29, 1.82) is 0 Å². The highest BCUT2D eigenvalue weighted by Crippen LogP contribution is 2.37. The van der Waals surface area contributed by atoms with E-state index in [1.165, 1.54) is 0 Å². The van der Waals surface area contributed by atoms with Gasteiger partial charge in [0.1, 0.15) is 11.1 Å². The van der Waals surface area contributed by atoms with Gasteiger partial charge >= 0.3 is 6.09 Å². The Labute approximate surface area is 179 Å². The molecule has 4 rings (SSSR count). The summed E-state index contributed by atoms with van der Waals surface area (Å²) in [6.45, 7) is 9.40. The van der Waals surface area contributed by atoms with Crippen LogP contribution in [-0.4, -0.2) is 47.3 Å². The van der Waals surface area contributed by atoms with E-state index in [9.17, 15) is 4.79 Å². The maximum Gasteiger partial charge on any atom is 0.410 e. The SMILES string of the molecule is C[C@H]1CN(C(=O)OC(C)(C)C)CCN1c1nc2cc(Cl)cc(-c3cccs3)c2o1.